The fourth-order valence-corrected chi connectivity index (χ4v) is 14.0. The molecule has 284 valence electrons. The van der Waals surface area contributed by atoms with Gasteiger partial charge in [-0.05, 0) is 104 Å². The first-order chi connectivity index (χ1) is 25.5. The molecule has 1 aromatic rings. The van der Waals surface area contributed by atoms with E-state index in [1.807, 2.05) is 31.2 Å². The van der Waals surface area contributed by atoms with Crippen molar-refractivity contribution in [3.63, 3.8) is 0 Å². The average molecular weight is 725 g/mol. The normalized spacial score (nSPS) is 51.3. The summed E-state index contributed by atoms with van der Waals surface area (Å²) < 4.78 is 20.4. The van der Waals surface area contributed by atoms with E-state index in [-0.39, 0.29) is 66.0 Å². The molecule has 0 unspecified atom stereocenters. The highest BCUT2D eigenvalue weighted by atomic mass is 16.5. The van der Waals surface area contributed by atoms with E-state index in [1.54, 1.807) is 6.92 Å². The highest BCUT2D eigenvalue weighted by Crippen LogP contribution is 2.77. The van der Waals surface area contributed by atoms with Crippen molar-refractivity contribution in [2.45, 2.75) is 126 Å². The predicted octanol–water partition coefficient (Wildman–Crippen LogP) is 4.58. The van der Waals surface area contributed by atoms with Crippen molar-refractivity contribution in [1.82, 2.24) is 0 Å². The van der Waals surface area contributed by atoms with Gasteiger partial charge in [-0.2, -0.15) is 0 Å². The fourth-order valence-electron chi connectivity index (χ4n) is 14.0. The van der Waals surface area contributed by atoms with Crippen molar-refractivity contribution >= 4 is 5.78 Å². The maximum atomic E-state index is 14.6. The molecule has 17 atom stereocenters. The molecule has 1 saturated heterocycles. The molecule has 4 N–H and O–H groups in total. The standard InChI is InChI=1S/C45H56O8/c1-26-31(24-46)40-41(49)43(3,50)37-17-20-45-34-23-36(48)33-22-29(51-25-28(12-9-21-52-45)27-10-5-4-6-11-27)16-19-42(33,2)38(34)30-13-8-18-44(37,45)32(30)14-7-15-35(47)39(26)53-40/h4-6,10-11,23,26,28-33,35,37-41,46-47,49-50H,8,13-14,16-22,24-25H2,1-3H3/t26-,28+,29+,30+,31-,32-,33+,35+,37-,38+,39+,40+,41-,42+,43+,44-,45-/m1/s1. The van der Waals surface area contributed by atoms with Crippen LogP contribution in [0.3, 0.4) is 0 Å². The lowest BCUT2D eigenvalue weighted by atomic mass is 9.36. The number of ketones is 1. The van der Waals surface area contributed by atoms with Crippen LogP contribution in [0.2, 0.25) is 0 Å². The Morgan fingerprint density at radius 3 is 2.58 bits per heavy atom. The van der Waals surface area contributed by atoms with Crippen molar-refractivity contribution < 1.29 is 39.4 Å². The van der Waals surface area contributed by atoms with Crippen molar-refractivity contribution in [2.75, 3.05) is 19.8 Å². The lowest BCUT2D eigenvalue weighted by Gasteiger charge is -2.69. The smallest absolute Gasteiger partial charge is 0.159 e. The summed E-state index contributed by atoms with van der Waals surface area (Å²) in [7, 11) is 0. The second-order valence-electron chi connectivity index (χ2n) is 18.4. The monoisotopic (exact) mass is 724 g/mol. The minimum Gasteiger partial charge on any atom is -0.396 e. The van der Waals surface area contributed by atoms with E-state index < -0.39 is 52.9 Å². The van der Waals surface area contributed by atoms with Crippen LogP contribution < -0.4 is 0 Å². The quantitative estimate of drug-likeness (QED) is 0.327. The zero-order valence-electron chi connectivity index (χ0n) is 31.4. The van der Waals surface area contributed by atoms with Crippen LogP contribution in [0.4, 0.5) is 0 Å². The zero-order chi connectivity index (χ0) is 36.9. The molecular formula is C45H56O8. The molecule has 8 heteroatoms. The Morgan fingerprint density at radius 2 is 1.79 bits per heavy atom. The number of carbonyl (C=O) groups is 1. The first kappa shape index (κ1) is 36.1. The molecule has 9 aliphatic rings. The molecule has 4 aliphatic heterocycles. The van der Waals surface area contributed by atoms with Crippen LogP contribution in [-0.2, 0) is 19.0 Å². The first-order valence-corrected chi connectivity index (χ1v) is 20.4. The topological polar surface area (TPSA) is 126 Å². The number of allylic oxidation sites excluding steroid dienone is 1. The molecule has 4 heterocycles. The van der Waals surface area contributed by atoms with Gasteiger partial charge in [-0.15, -0.1) is 5.92 Å². The highest BCUT2D eigenvalue weighted by Gasteiger charge is 2.77. The van der Waals surface area contributed by atoms with Crippen LogP contribution in [0.25, 0.3) is 0 Å². The summed E-state index contributed by atoms with van der Waals surface area (Å²) in [4.78, 5) is 14.6. The SMILES string of the molecule is C[C@@H]1[C@@H](CO)[C@@H]2O[C@@H]1[C@@H](O)C#CC[C@@H]1[C@@H]3CCC[C@]14[C@H](CC[C@]41OCC#C[C@H](c4ccccc4)CO[C@H]4CC[C@]5(C)[C@@H]3C1=CC(=O)[C@@H]5C4)[C@](C)(O)[C@@H]2O. The Morgan fingerprint density at radius 1 is 0.981 bits per heavy atom. The molecule has 53 heavy (non-hydrogen) atoms. The van der Waals surface area contributed by atoms with Crippen LogP contribution >= 0.6 is 0 Å². The van der Waals surface area contributed by atoms with Gasteiger partial charge in [-0.1, -0.05) is 68.4 Å². The minimum absolute atomic E-state index is 0.00841. The molecule has 2 spiro atoms. The summed E-state index contributed by atoms with van der Waals surface area (Å²) in [5, 5.41) is 47.3. The van der Waals surface area contributed by atoms with Crippen molar-refractivity contribution in [2.24, 2.45) is 52.3 Å². The molecule has 0 radical (unpaired) electrons. The molecule has 0 aromatic heterocycles. The number of aliphatic hydroxyl groups excluding tert-OH is 3. The van der Waals surface area contributed by atoms with Gasteiger partial charge in [0, 0.05) is 30.3 Å². The Balaban J connectivity index is 1.24. The first-order valence-electron chi connectivity index (χ1n) is 20.4. The highest BCUT2D eigenvalue weighted by molar-refractivity contribution is 5.95. The minimum atomic E-state index is -1.63. The van der Waals surface area contributed by atoms with Gasteiger partial charge in [0.2, 0.25) is 0 Å². The largest absolute Gasteiger partial charge is 0.396 e. The number of rotatable bonds is 2. The second kappa shape index (κ2) is 13.0. The van der Waals surface area contributed by atoms with Crippen LogP contribution in [0.15, 0.2) is 42.0 Å². The molecule has 8 nitrogen and oxygen atoms in total. The number of fused-ring (bicyclic) bond motifs is 9. The van der Waals surface area contributed by atoms with E-state index in [0.29, 0.717) is 32.3 Å². The van der Waals surface area contributed by atoms with Crippen LogP contribution in [-0.4, -0.2) is 87.8 Å². The van der Waals surface area contributed by atoms with Gasteiger partial charge in [-0.3, -0.25) is 4.79 Å². The number of ether oxygens (including phenoxy) is 3. The number of hydrogen-bond acceptors (Lipinski definition) is 8. The zero-order valence-corrected chi connectivity index (χ0v) is 31.4. The third kappa shape index (κ3) is 5.06. The van der Waals surface area contributed by atoms with Crippen LogP contribution in [0.1, 0.15) is 90.0 Å². The van der Waals surface area contributed by atoms with E-state index in [1.165, 1.54) is 0 Å². The number of benzene rings is 1. The summed E-state index contributed by atoms with van der Waals surface area (Å²) in [6.07, 6.45) is 4.74. The molecule has 0 amide bonds. The maximum Gasteiger partial charge on any atom is 0.159 e. The average Bonchev–Trinajstić information content (AvgIpc) is 3.66. The molecular weight excluding hydrogens is 668 g/mol. The maximum absolute atomic E-state index is 14.6. The molecule has 10 bridgehead atoms. The molecule has 10 rings (SSSR count). The lowest BCUT2D eigenvalue weighted by Crippen LogP contribution is -2.71. The fraction of sp³-hybridized carbons (Fsp3) is 0.711. The van der Waals surface area contributed by atoms with Crippen molar-refractivity contribution in [3.8, 4) is 23.7 Å². The summed E-state index contributed by atoms with van der Waals surface area (Å²) in [6, 6.07) is 10.2. The Kier molecular flexibility index (Phi) is 8.88. The third-order valence-corrected chi connectivity index (χ3v) is 16.4. The predicted molar refractivity (Wildman–Crippen MR) is 197 cm³/mol. The van der Waals surface area contributed by atoms with Gasteiger partial charge >= 0.3 is 0 Å². The van der Waals surface area contributed by atoms with Gasteiger partial charge in [0.25, 0.3) is 0 Å². The molecule has 5 fully saturated rings. The molecule has 4 saturated carbocycles. The number of hydrogen-bond donors (Lipinski definition) is 4. The Bertz CT molecular complexity index is 1770. The lowest BCUT2D eigenvalue weighted by molar-refractivity contribution is -0.248. The van der Waals surface area contributed by atoms with Gasteiger partial charge in [0.05, 0.1) is 42.0 Å². The number of carbonyl (C=O) groups excluding carboxylic acids is 1. The van der Waals surface area contributed by atoms with Gasteiger partial charge in [-0.25, -0.2) is 0 Å². The van der Waals surface area contributed by atoms with Crippen molar-refractivity contribution in [1.29, 1.82) is 0 Å². The third-order valence-electron chi connectivity index (χ3n) is 16.4. The summed E-state index contributed by atoms with van der Waals surface area (Å²) >= 11 is 0. The summed E-state index contributed by atoms with van der Waals surface area (Å²) in [5.74, 6) is 12.5. The van der Waals surface area contributed by atoms with E-state index in [0.717, 1.165) is 43.2 Å². The summed E-state index contributed by atoms with van der Waals surface area (Å²) in [6.45, 7) is 6.38. The van der Waals surface area contributed by atoms with Crippen LogP contribution in [0.5, 0.6) is 0 Å². The van der Waals surface area contributed by atoms with Crippen LogP contribution in [0, 0.1) is 75.9 Å². The van der Waals surface area contributed by atoms with E-state index >= 15 is 0 Å². The summed E-state index contributed by atoms with van der Waals surface area (Å²) in [5.41, 5.74) is -1.33. The number of aliphatic hydroxyl groups is 4. The van der Waals surface area contributed by atoms with E-state index in [2.05, 4.69) is 42.7 Å². The van der Waals surface area contributed by atoms with Crippen molar-refractivity contribution in [3.05, 3.63) is 47.5 Å². The van der Waals surface area contributed by atoms with Gasteiger partial charge < -0.3 is 34.6 Å². The Labute approximate surface area is 314 Å². The van der Waals surface area contributed by atoms with Gasteiger partial charge in [0.15, 0.2) is 5.78 Å². The van der Waals surface area contributed by atoms with Gasteiger partial charge in [0.1, 0.15) is 18.8 Å². The van der Waals surface area contributed by atoms with E-state index in [9.17, 15) is 25.2 Å². The second-order valence-corrected chi connectivity index (χ2v) is 18.4. The van der Waals surface area contributed by atoms with E-state index in [4.69, 9.17) is 14.2 Å². The Hall–Kier alpha value is -2.53. The molecule has 1 aromatic carbocycles. The molecule has 5 aliphatic carbocycles.